The van der Waals surface area contributed by atoms with Gasteiger partial charge in [-0.3, -0.25) is 0 Å². The highest BCUT2D eigenvalue weighted by Gasteiger charge is 2.21. The van der Waals surface area contributed by atoms with Gasteiger partial charge in [0, 0.05) is 18.7 Å². The maximum Gasteiger partial charge on any atom is 0.0443 e. The van der Waals surface area contributed by atoms with Crippen molar-refractivity contribution in [3.8, 4) is 0 Å². The van der Waals surface area contributed by atoms with Gasteiger partial charge in [-0.2, -0.15) is 0 Å². The summed E-state index contributed by atoms with van der Waals surface area (Å²) in [5.74, 6) is 0. The molecule has 3 nitrogen and oxygen atoms in total. The van der Waals surface area contributed by atoms with Crippen molar-refractivity contribution < 1.29 is 5.11 Å². The number of piperidine rings is 1. The van der Waals surface area contributed by atoms with Crippen molar-refractivity contribution in [1.29, 1.82) is 0 Å². The number of aliphatic hydroxyl groups is 1. The molecule has 1 aliphatic heterocycles. The van der Waals surface area contributed by atoms with Gasteiger partial charge in [0.1, 0.15) is 0 Å². The van der Waals surface area contributed by atoms with Gasteiger partial charge >= 0.3 is 0 Å². The van der Waals surface area contributed by atoms with E-state index in [0.717, 1.165) is 13.0 Å². The van der Waals surface area contributed by atoms with Gasteiger partial charge in [0.05, 0.1) is 0 Å². The van der Waals surface area contributed by atoms with Crippen LogP contribution in [0.2, 0.25) is 0 Å². The van der Waals surface area contributed by atoms with Gasteiger partial charge in [-0.25, -0.2) is 0 Å². The van der Waals surface area contributed by atoms with E-state index in [4.69, 9.17) is 5.11 Å². The molecule has 78 valence electrons. The Balaban J connectivity index is 2.14. The van der Waals surface area contributed by atoms with Crippen LogP contribution in [-0.4, -0.2) is 48.8 Å². The molecule has 3 heteroatoms. The highest BCUT2D eigenvalue weighted by Crippen LogP contribution is 2.14. The lowest BCUT2D eigenvalue weighted by atomic mass is 9.99. The zero-order valence-electron chi connectivity index (χ0n) is 8.79. The molecule has 0 amide bonds. The smallest absolute Gasteiger partial charge is 0.0443 e. The van der Waals surface area contributed by atoms with E-state index in [1.54, 1.807) is 0 Å². The molecule has 0 aliphatic carbocycles. The second-order valence-corrected chi connectivity index (χ2v) is 4.08. The fraction of sp³-hybridized carbons (Fsp3) is 1.00. The molecule has 0 saturated carbocycles. The molecule has 1 saturated heterocycles. The molecule has 0 aromatic carbocycles. The lowest BCUT2D eigenvalue weighted by Gasteiger charge is -2.35. The van der Waals surface area contributed by atoms with Crippen LogP contribution in [0.3, 0.4) is 0 Å². The van der Waals surface area contributed by atoms with E-state index in [1.807, 2.05) is 0 Å². The lowest BCUT2D eigenvalue weighted by Crippen LogP contribution is -2.45. The molecular weight excluding hydrogens is 164 g/mol. The zero-order chi connectivity index (χ0) is 9.68. The van der Waals surface area contributed by atoms with Crippen molar-refractivity contribution in [3.05, 3.63) is 0 Å². The minimum Gasteiger partial charge on any atom is -0.396 e. The Morgan fingerprint density at radius 1 is 1.54 bits per heavy atom. The Kier molecular flexibility index (Phi) is 4.70. The van der Waals surface area contributed by atoms with Gasteiger partial charge < -0.3 is 15.3 Å². The summed E-state index contributed by atoms with van der Waals surface area (Å²) in [6, 6.07) is 1.36. The average molecular weight is 186 g/mol. The topological polar surface area (TPSA) is 35.5 Å². The van der Waals surface area contributed by atoms with E-state index in [-0.39, 0.29) is 0 Å². The molecule has 2 N–H and O–H groups in total. The monoisotopic (exact) mass is 186 g/mol. The number of rotatable bonds is 4. The van der Waals surface area contributed by atoms with Gasteiger partial charge in [0.25, 0.3) is 0 Å². The largest absolute Gasteiger partial charge is 0.396 e. The third-order valence-electron chi connectivity index (χ3n) is 2.98. The predicted molar refractivity (Wildman–Crippen MR) is 54.8 cm³/mol. The van der Waals surface area contributed by atoms with Gasteiger partial charge in [-0.15, -0.1) is 0 Å². The van der Waals surface area contributed by atoms with Crippen molar-refractivity contribution >= 4 is 0 Å². The summed E-state index contributed by atoms with van der Waals surface area (Å²) < 4.78 is 0. The van der Waals surface area contributed by atoms with Gasteiger partial charge in [0.15, 0.2) is 0 Å². The molecule has 1 fully saturated rings. The molecule has 0 spiro atoms. The summed E-state index contributed by atoms with van der Waals surface area (Å²) in [7, 11) is 2.19. The van der Waals surface area contributed by atoms with E-state index >= 15 is 0 Å². The van der Waals surface area contributed by atoms with Gasteiger partial charge in [-0.1, -0.05) is 0 Å². The molecule has 1 rings (SSSR count). The highest BCUT2D eigenvalue weighted by atomic mass is 16.3. The van der Waals surface area contributed by atoms with Crippen molar-refractivity contribution in [2.24, 2.45) is 0 Å². The first-order valence-electron chi connectivity index (χ1n) is 5.28. The van der Waals surface area contributed by atoms with Crippen LogP contribution in [0.4, 0.5) is 0 Å². The van der Waals surface area contributed by atoms with Gasteiger partial charge in [0.2, 0.25) is 0 Å². The van der Waals surface area contributed by atoms with Crippen LogP contribution in [0.5, 0.6) is 0 Å². The van der Waals surface area contributed by atoms with Crippen LogP contribution < -0.4 is 5.32 Å². The second kappa shape index (κ2) is 5.58. The van der Waals surface area contributed by atoms with Crippen molar-refractivity contribution in [3.63, 3.8) is 0 Å². The summed E-state index contributed by atoms with van der Waals surface area (Å²) in [6.07, 6.45) is 3.36. The van der Waals surface area contributed by atoms with Crippen LogP contribution in [-0.2, 0) is 0 Å². The first-order valence-corrected chi connectivity index (χ1v) is 5.28. The molecule has 2 atom stereocenters. The molecule has 0 aromatic rings. The van der Waals surface area contributed by atoms with Crippen LogP contribution in [0.1, 0.15) is 26.2 Å². The molecule has 13 heavy (non-hydrogen) atoms. The second-order valence-electron chi connectivity index (χ2n) is 4.08. The Hall–Kier alpha value is -0.120. The normalized spacial score (nSPS) is 30.7. The standard InChI is InChI=1S/C10H22N2O/c1-9-8-10(4-6-12(9)2)11-5-3-7-13/h9-11,13H,3-8H2,1-2H3. The minimum absolute atomic E-state index is 0.301. The predicted octanol–water partition coefficient (Wildman–Crippen LogP) is 0.441. The molecule has 0 aromatic heterocycles. The number of likely N-dealkylation sites (tertiary alicyclic amines) is 1. The van der Waals surface area contributed by atoms with E-state index in [2.05, 4.69) is 24.2 Å². The number of hydrogen-bond donors (Lipinski definition) is 2. The molecular formula is C10H22N2O. The first-order chi connectivity index (χ1) is 6.24. The summed E-state index contributed by atoms with van der Waals surface area (Å²) in [5.41, 5.74) is 0. The number of aliphatic hydroxyl groups excluding tert-OH is 1. The minimum atomic E-state index is 0.301. The summed E-state index contributed by atoms with van der Waals surface area (Å²) in [5, 5.41) is 12.1. The third-order valence-corrected chi connectivity index (χ3v) is 2.98. The highest BCUT2D eigenvalue weighted by molar-refractivity contribution is 4.80. The lowest BCUT2D eigenvalue weighted by molar-refractivity contribution is 0.167. The van der Waals surface area contributed by atoms with Crippen molar-refractivity contribution in [1.82, 2.24) is 10.2 Å². The van der Waals surface area contributed by atoms with Crippen LogP contribution >= 0.6 is 0 Å². The SMILES string of the molecule is CC1CC(NCCCO)CCN1C. The maximum absolute atomic E-state index is 8.64. The Morgan fingerprint density at radius 3 is 2.92 bits per heavy atom. The Morgan fingerprint density at radius 2 is 2.31 bits per heavy atom. The molecule has 0 bridgehead atoms. The summed E-state index contributed by atoms with van der Waals surface area (Å²) in [4.78, 5) is 2.41. The molecule has 1 heterocycles. The van der Waals surface area contributed by atoms with Crippen molar-refractivity contribution in [2.75, 3.05) is 26.7 Å². The average Bonchev–Trinajstić information content (AvgIpc) is 2.12. The van der Waals surface area contributed by atoms with E-state index in [1.165, 1.54) is 19.4 Å². The van der Waals surface area contributed by atoms with Crippen LogP contribution in [0, 0.1) is 0 Å². The first kappa shape index (κ1) is 11.0. The van der Waals surface area contributed by atoms with Crippen LogP contribution in [0.15, 0.2) is 0 Å². The van der Waals surface area contributed by atoms with Crippen LogP contribution in [0.25, 0.3) is 0 Å². The Labute approximate surface area is 81.1 Å². The summed E-state index contributed by atoms with van der Waals surface area (Å²) >= 11 is 0. The molecule has 2 unspecified atom stereocenters. The third kappa shape index (κ3) is 3.63. The van der Waals surface area contributed by atoms with E-state index in [9.17, 15) is 0 Å². The maximum atomic E-state index is 8.64. The molecule has 0 radical (unpaired) electrons. The van der Waals surface area contributed by atoms with Crippen molar-refractivity contribution in [2.45, 2.75) is 38.3 Å². The number of hydrogen-bond acceptors (Lipinski definition) is 3. The fourth-order valence-corrected chi connectivity index (χ4v) is 1.86. The number of nitrogens with one attached hydrogen (secondary N) is 1. The van der Waals surface area contributed by atoms with E-state index in [0.29, 0.717) is 18.7 Å². The van der Waals surface area contributed by atoms with Gasteiger partial charge in [-0.05, 0) is 46.3 Å². The quantitative estimate of drug-likeness (QED) is 0.625. The molecule has 1 aliphatic rings. The summed E-state index contributed by atoms with van der Waals surface area (Å²) in [6.45, 7) is 4.73. The number of nitrogens with zero attached hydrogens (tertiary/aromatic N) is 1. The zero-order valence-corrected chi connectivity index (χ0v) is 8.79. The Bertz CT molecular complexity index is 141. The fourth-order valence-electron chi connectivity index (χ4n) is 1.86. The van der Waals surface area contributed by atoms with E-state index < -0.39 is 0 Å².